The third-order valence-electron chi connectivity index (χ3n) is 4.28. The largest absolute Gasteiger partial charge is 0.484 e. The molecule has 0 aromatic heterocycles. The van der Waals surface area contributed by atoms with Crippen molar-refractivity contribution in [2.75, 3.05) is 6.61 Å². The molecule has 4 heteroatoms. The van der Waals surface area contributed by atoms with Gasteiger partial charge in [-0.1, -0.05) is 72.3 Å². The smallest absolute Gasteiger partial charge is 0.261 e. The lowest BCUT2D eigenvalue weighted by atomic mass is 10.1. The number of amides is 1. The maximum absolute atomic E-state index is 12.9. The minimum absolute atomic E-state index is 0.0132. The van der Waals surface area contributed by atoms with Crippen LogP contribution in [0.1, 0.15) is 16.7 Å². The third-order valence-corrected chi connectivity index (χ3v) is 4.70. The first-order valence-corrected chi connectivity index (χ1v) is 9.24. The average molecular weight is 380 g/mol. The topological polar surface area (TPSA) is 29.5 Å². The summed E-state index contributed by atoms with van der Waals surface area (Å²) >= 11 is 6.04. The minimum atomic E-state index is -0.0599. The molecule has 3 nitrogen and oxygen atoms in total. The number of carbonyl (C=O) groups is 1. The van der Waals surface area contributed by atoms with Gasteiger partial charge in [0.15, 0.2) is 6.61 Å². The Morgan fingerprint density at radius 1 is 0.889 bits per heavy atom. The van der Waals surface area contributed by atoms with Crippen LogP contribution in [0.4, 0.5) is 0 Å². The Labute approximate surface area is 165 Å². The van der Waals surface area contributed by atoms with Crippen molar-refractivity contribution in [2.45, 2.75) is 20.0 Å². The molecule has 0 N–H and O–H groups in total. The number of halogens is 1. The normalized spacial score (nSPS) is 10.4. The van der Waals surface area contributed by atoms with E-state index < -0.39 is 0 Å². The molecule has 0 bridgehead atoms. The summed E-state index contributed by atoms with van der Waals surface area (Å²) in [6.07, 6.45) is 0. The Hall–Kier alpha value is -2.78. The number of benzene rings is 3. The van der Waals surface area contributed by atoms with Gasteiger partial charge in [-0.15, -0.1) is 0 Å². The van der Waals surface area contributed by atoms with Crippen LogP contribution in [0.15, 0.2) is 78.9 Å². The lowest BCUT2D eigenvalue weighted by Gasteiger charge is -2.23. The lowest BCUT2D eigenvalue weighted by Crippen LogP contribution is -2.34. The van der Waals surface area contributed by atoms with Gasteiger partial charge in [0.25, 0.3) is 5.91 Å². The van der Waals surface area contributed by atoms with Gasteiger partial charge in [-0.2, -0.15) is 0 Å². The second-order valence-electron chi connectivity index (χ2n) is 6.42. The zero-order valence-electron chi connectivity index (χ0n) is 15.3. The molecule has 1 amide bonds. The fourth-order valence-corrected chi connectivity index (χ4v) is 2.90. The quantitative estimate of drug-likeness (QED) is 0.560. The molecule has 0 aliphatic rings. The number of carbonyl (C=O) groups excluding carboxylic acids is 1. The monoisotopic (exact) mass is 379 g/mol. The summed E-state index contributed by atoms with van der Waals surface area (Å²) in [4.78, 5) is 14.7. The maximum atomic E-state index is 12.9. The standard InChI is InChI=1S/C23H22ClNO2/c1-18-14-21(12-13-22(18)24)27-17-23(26)25(15-19-8-4-2-5-9-19)16-20-10-6-3-7-11-20/h2-14H,15-17H2,1H3. The van der Waals surface area contributed by atoms with Gasteiger partial charge in [0.2, 0.25) is 0 Å². The van der Waals surface area contributed by atoms with Crippen molar-refractivity contribution < 1.29 is 9.53 Å². The molecule has 3 aromatic rings. The van der Waals surface area contributed by atoms with Crippen molar-refractivity contribution in [3.05, 3.63) is 101 Å². The van der Waals surface area contributed by atoms with Crippen LogP contribution in [-0.2, 0) is 17.9 Å². The summed E-state index contributed by atoms with van der Waals surface area (Å²) in [5.74, 6) is 0.583. The molecular weight excluding hydrogens is 358 g/mol. The molecule has 0 aliphatic heterocycles. The molecule has 0 saturated carbocycles. The van der Waals surface area contributed by atoms with E-state index in [4.69, 9.17) is 16.3 Å². The maximum Gasteiger partial charge on any atom is 0.261 e. The molecule has 3 aromatic carbocycles. The summed E-state index contributed by atoms with van der Waals surface area (Å²) in [5.41, 5.74) is 3.10. The summed E-state index contributed by atoms with van der Waals surface area (Å²) in [7, 11) is 0. The molecule has 0 spiro atoms. The van der Waals surface area contributed by atoms with Gasteiger partial charge in [0.1, 0.15) is 5.75 Å². The molecule has 0 saturated heterocycles. The number of aryl methyl sites for hydroxylation is 1. The van der Waals surface area contributed by atoms with E-state index in [1.807, 2.05) is 78.6 Å². The molecule has 0 heterocycles. The summed E-state index contributed by atoms with van der Waals surface area (Å²) in [6.45, 7) is 2.98. The molecule has 27 heavy (non-hydrogen) atoms. The Bertz CT molecular complexity index is 840. The van der Waals surface area contributed by atoms with Crippen molar-refractivity contribution in [3.63, 3.8) is 0 Å². The first-order chi connectivity index (χ1) is 13.1. The Kier molecular flexibility index (Phi) is 6.50. The fraction of sp³-hybridized carbons (Fsp3) is 0.174. The summed E-state index contributed by atoms with van der Waals surface area (Å²) in [6, 6.07) is 25.4. The van der Waals surface area contributed by atoms with Gasteiger partial charge in [0.05, 0.1) is 0 Å². The number of hydrogen-bond acceptors (Lipinski definition) is 2. The number of hydrogen-bond donors (Lipinski definition) is 0. The lowest BCUT2D eigenvalue weighted by molar-refractivity contribution is -0.134. The van der Waals surface area contributed by atoms with Gasteiger partial charge >= 0.3 is 0 Å². The SMILES string of the molecule is Cc1cc(OCC(=O)N(Cc2ccccc2)Cc2ccccc2)ccc1Cl. The van der Waals surface area contributed by atoms with Gasteiger partial charge in [-0.3, -0.25) is 4.79 Å². The van der Waals surface area contributed by atoms with Crippen LogP contribution in [0.2, 0.25) is 5.02 Å². The highest BCUT2D eigenvalue weighted by molar-refractivity contribution is 6.31. The van der Waals surface area contributed by atoms with E-state index in [2.05, 4.69) is 0 Å². The number of rotatable bonds is 7. The van der Waals surface area contributed by atoms with E-state index in [-0.39, 0.29) is 12.5 Å². The van der Waals surface area contributed by atoms with Gasteiger partial charge in [-0.25, -0.2) is 0 Å². The fourth-order valence-electron chi connectivity index (χ4n) is 2.78. The summed E-state index contributed by atoms with van der Waals surface area (Å²) < 4.78 is 5.71. The molecular formula is C23H22ClNO2. The molecule has 3 rings (SSSR count). The average Bonchev–Trinajstić information content (AvgIpc) is 2.70. The van der Waals surface area contributed by atoms with E-state index in [0.717, 1.165) is 16.7 Å². The second-order valence-corrected chi connectivity index (χ2v) is 6.83. The van der Waals surface area contributed by atoms with Gasteiger partial charge in [-0.05, 0) is 41.8 Å². The van der Waals surface area contributed by atoms with Crippen LogP contribution in [0.5, 0.6) is 5.75 Å². The zero-order chi connectivity index (χ0) is 19.1. The molecule has 0 unspecified atom stereocenters. The number of nitrogens with zero attached hydrogens (tertiary/aromatic N) is 1. The molecule has 0 atom stereocenters. The first kappa shape index (κ1) is 19.0. The van der Waals surface area contributed by atoms with Crippen molar-refractivity contribution in [1.82, 2.24) is 4.90 Å². The van der Waals surface area contributed by atoms with Crippen molar-refractivity contribution in [3.8, 4) is 5.75 Å². The highest BCUT2D eigenvalue weighted by Crippen LogP contribution is 2.21. The van der Waals surface area contributed by atoms with Crippen LogP contribution >= 0.6 is 11.6 Å². The Morgan fingerprint density at radius 2 is 1.44 bits per heavy atom. The van der Waals surface area contributed by atoms with E-state index >= 15 is 0 Å². The van der Waals surface area contributed by atoms with Crippen molar-refractivity contribution >= 4 is 17.5 Å². The molecule has 0 aliphatic carbocycles. The molecule has 138 valence electrons. The highest BCUT2D eigenvalue weighted by Gasteiger charge is 2.15. The Morgan fingerprint density at radius 3 is 1.96 bits per heavy atom. The Balaban J connectivity index is 1.70. The van der Waals surface area contributed by atoms with Crippen LogP contribution in [-0.4, -0.2) is 17.4 Å². The third kappa shape index (κ3) is 5.60. The van der Waals surface area contributed by atoms with E-state index in [0.29, 0.717) is 23.9 Å². The zero-order valence-corrected chi connectivity index (χ0v) is 16.0. The van der Waals surface area contributed by atoms with Crippen LogP contribution < -0.4 is 4.74 Å². The number of ether oxygens (including phenoxy) is 1. The highest BCUT2D eigenvalue weighted by atomic mass is 35.5. The van der Waals surface area contributed by atoms with Crippen LogP contribution in [0, 0.1) is 6.92 Å². The van der Waals surface area contributed by atoms with Crippen molar-refractivity contribution in [1.29, 1.82) is 0 Å². The predicted octanol–water partition coefficient (Wildman–Crippen LogP) is 5.26. The van der Waals surface area contributed by atoms with Crippen LogP contribution in [0.25, 0.3) is 0 Å². The van der Waals surface area contributed by atoms with Gasteiger partial charge in [0, 0.05) is 18.1 Å². The second kappa shape index (κ2) is 9.24. The molecule has 0 radical (unpaired) electrons. The van der Waals surface area contributed by atoms with Gasteiger partial charge < -0.3 is 9.64 Å². The van der Waals surface area contributed by atoms with E-state index in [1.54, 1.807) is 12.1 Å². The van der Waals surface area contributed by atoms with E-state index in [1.165, 1.54) is 0 Å². The minimum Gasteiger partial charge on any atom is -0.484 e. The predicted molar refractivity (Wildman–Crippen MR) is 109 cm³/mol. The van der Waals surface area contributed by atoms with Crippen molar-refractivity contribution in [2.24, 2.45) is 0 Å². The summed E-state index contributed by atoms with van der Waals surface area (Å²) in [5, 5.41) is 0.684. The molecule has 0 fully saturated rings. The first-order valence-electron chi connectivity index (χ1n) is 8.86. The van der Waals surface area contributed by atoms with E-state index in [9.17, 15) is 4.79 Å². The van der Waals surface area contributed by atoms with Crippen LogP contribution in [0.3, 0.4) is 0 Å².